The van der Waals surface area contributed by atoms with Crippen molar-refractivity contribution in [1.82, 2.24) is 4.57 Å². The molecule has 3 aliphatic rings. The van der Waals surface area contributed by atoms with Gasteiger partial charge in [-0.05, 0) is 88.7 Å². The molecule has 0 amide bonds. The van der Waals surface area contributed by atoms with Crippen LogP contribution in [-0.2, 0) is 11.8 Å². The first kappa shape index (κ1) is 27.9. The van der Waals surface area contributed by atoms with Crippen molar-refractivity contribution in [3.05, 3.63) is 174 Å². The highest BCUT2D eigenvalue weighted by Crippen LogP contribution is 2.50. The van der Waals surface area contributed by atoms with E-state index in [1.54, 1.807) is 0 Å². The number of benzene rings is 5. The number of allylic oxidation sites excluding steroid dienone is 4. The zero-order valence-corrected chi connectivity index (χ0v) is 27.0. The smallest absolute Gasteiger partial charge is 0.0580 e. The minimum atomic E-state index is -0.0618. The fourth-order valence-electron chi connectivity index (χ4n) is 8.28. The first-order valence-corrected chi connectivity index (χ1v) is 16.9. The first-order valence-electron chi connectivity index (χ1n) is 16.9. The SMILES string of the molecule is CC1(C)c2ccccc2-c2ccc(N(c3ccc(C4=CC=CCC4)cc3)C3C=Cc4c(n(-c5ccccc5)c5ccccc45)C3)cc21. The lowest BCUT2D eigenvalue weighted by molar-refractivity contribution is 0.659. The number of fused-ring (bicyclic) bond motifs is 6. The molecule has 1 heterocycles. The van der Waals surface area contributed by atoms with E-state index in [-0.39, 0.29) is 11.5 Å². The van der Waals surface area contributed by atoms with Gasteiger partial charge in [0, 0.05) is 45.5 Å². The fourth-order valence-corrected chi connectivity index (χ4v) is 8.28. The molecule has 47 heavy (non-hydrogen) atoms. The molecule has 0 saturated heterocycles. The van der Waals surface area contributed by atoms with Crippen molar-refractivity contribution in [1.29, 1.82) is 0 Å². The van der Waals surface area contributed by atoms with Crippen LogP contribution in [-0.4, -0.2) is 10.6 Å². The number of rotatable bonds is 5. The topological polar surface area (TPSA) is 8.17 Å². The summed E-state index contributed by atoms with van der Waals surface area (Å²) in [4.78, 5) is 2.57. The maximum Gasteiger partial charge on any atom is 0.0580 e. The Bertz CT molecular complexity index is 2240. The summed E-state index contributed by atoms with van der Waals surface area (Å²) in [5.74, 6) is 0. The van der Waals surface area contributed by atoms with E-state index in [1.165, 1.54) is 72.6 Å². The molecule has 228 valence electrons. The third-order valence-corrected chi connectivity index (χ3v) is 10.6. The Kier molecular flexibility index (Phi) is 6.47. The van der Waals surface area contributed by atoms with Gasteiger partial charge in [-0.25, -0.2) is 0 Å². The fraction of sp³-hybridized carbons (Fsp3) is 0.156. The Morgan fingerprint density at radius 1 is 0.723 bits per heavy atom. The predicted octanol–water partition coefficient (Wildman–Crippen LogP) is 11.4. The molecule has 5 aromatic carbocycles. The highest BCUT2D eigenvalue weighted by Gasteiger charge is 2.36. The quantitative estimate of drug-likeness (QED) is 0.190. The number of hydrogen-bond donors (Lipinski definition) is 0. The number of para-hydroxylation sites is 2. The van der Waals surface area contributed by atoms with Gasteiger partial charge in [-0.1, -0.05) is 123 Å². The van der Waals surface area contributed by atoms with Gasteiger partial charge in [-0.15, -0.1) is 0 Å². The summed E-state index contributed by atoms with van der Waals surface area (Å²) >= 11 is 0. The Labute approximate surface area is 277 Å². The van der Waals surface area contributed by atoms with E-state index in [9.17, 15) is 0 Å². The van der Waals surface area contributed by atoms with Crippen LogP contribution in [0.15, 0.2) is 146 Å². The number of hydrogen-bond acceptors (Lipinski definition) is 1. The molecule has 1 aromatic heterocycles. The van der Waals surface area contributed by atoms with Crippen molar-refractivity contribution in [2.24, 2.45) is 0 Å². The standard InChI is InChI=1S/C45H38N2/c1-45(2)41-19-11-9-17-37(41)38-27-25-35(29-42(38)45)46(34-23-21-32(22-24-34)31-13-5-3-6-14-31)36-26-28-40-39-18-10-12-20-43(39)47(44(40)30-36)33-15-7-4-8-16-33/h3-5,7-13,15-29,36H,6,14,30H2,1-2H3. The highest BCUT2D eigenvalue weighted by molar-refractivity contribution is 5.94. The van der Waals surface area contributed by atoms with E-state index in [4.69, 9.17) is 0 Å². The lowest BCUT2D eigenvalue weighted by Crippen LogP contribution is -2.33. The molecule has 0 spiro atoms. The maximum atomic E-state index is 2.57. The summed E-state index contributed by atoms with van der Waals surface area (Å²) in [5.41, 5.74) is 15.8. The average molecular weight is 607 g/mol. The van der Waals surface area contributed by atoms with E-state index in [0.29, 0.717) is 0 Å². The third-order valence-electron chi connectivity index (χ3n) is 10.6. The van der Waals surface area contributed by atoms with Gasteiger partial charge in [0.1, 0.15) is 0 Å². The molecule has 0 radical (unpaired) electrons. The van der Waals surface area contributed by atoms with E-state index < -0.39 is 0 Å². The summed E-state index contributed by atoms with van der Waals surface area (Å²) in [6.45, 7) is 4.75. The molecule has 0 aliphatic heterocycles. The van der Waals surface area contributed by atoms with Crippen LogP contribution in [0.5, 0.6) is 0 Å². The summed E-state index contributed by atoms with van der Waals surface area (Å²) in [6, 6.07) is 45.2. The lowest BCUT2D eigenvalue weighted by Gasteiger charge is -2.35. The lowest BCUT2D eigenvalue weighted by atomic mass is 9.82. The van der Waals surface area contributed by atoms with Crippen molar-refractivity contribution in [3.63, 3.8) is 0 Å². The second-order valence-electron chi connectivity index (χ2n) is 13.7. The van der Waals surface area contributed by atoms with Crippen LogP contribution in [0.3, 0.4) is 0 Å². The molecule has 1 unspecified atom stereocenters. The van der Waals surface area contributed by atoms with Crippen molar-refractivity contribution in [2.75, 3.05) is 4.90 Å². The second kappa shape index (κ2) is 10.9. The van der Waals surface area contributed by atoms with Crippen molar-refractivity contribution in [3.8, 4) is 16.8 Å². The van der Waals surface area contributed by atoms with E-state index >= 15 is 0 Å². The van der Waals surface area contributed by atoms with Crippen LogP contribution in [0.4, 0.5) is 11.4 Å². The van der Waals surface area contributed by atoms with Crippen LogP contribution in [0, 0.1) is 0 Å². The molecule has 3 aliphatic carbocycles. The van der Waals surface area contributed by atoms with E-state index in [2.05, 4.69) is 175 Å². The summed E-state index contributed by atoms with van der Waals surface area (Å²) in [7, 11) is 0. The van der Waals surface area contributed by atoms with E-state index in [1.807, 2.05) is 0 Å². The highest BCUT2D eigenvalue weighted by atomic mass is 15.2. The summed E-state index contributed by atoms with van der Waals surface area (Å²) in [5, 5.41) is 1.31. The van der Waals surface area contributed by atoms with Crippen molar-refractivity contribution >= 4 is 33.9 Å². The van der Waals surface area contributed by atoms with Gasteiger partial charge in [0.05, 0.1) is 11.6 Å². The Morgan fingerprint density at radius 3 is 2.30 bits per heavy atom. The summed E-state index contributed by atoms with van der Waals surface area (Å²) in [6.07, 6.45) is 14.6. The minimum Gasteiger partial charge on any atom is -0.334 e. The van der Waals surface area contributed by atoms with Gasteiger partial charge in [0.25, 0.3) is 0 Å². The molecule has 0 N–H and O–H groups in total. The monoisotopic (exact) mass is 606 g/mol. The molecule has 6 aromatic rings. The minimum absolute atomic E-state index is 0.0618. The number of anilines is 2. The molecule has 9 rings (SSSR count). The number of aromatic nitrogens is 1. The van der Waals surface area contributed by atoms with Crippen LogP contribution < -0.4 is 4.90 Å². The molecular weight excluding hydrogens is 569 g/mol. The Balaban J connectivity index is 1.19. The normalized spacial score (nSPS) is 17.2. The molecule has 0 saturated carbocycles. The van der Waals surface area contributed by atoms with E-state index in [0.717, 1.165) is 19.3 Å². The molecule has 0 bridgehead atoms. The molecule has 2 nitrogen and oxygen atoms in total. The van der Waals surface area contributed by atoms with Gasteiger partial charge in [0.2, 0.25) is 0 Å². The third kappa shape index (κ3) is 4.47. The van der Waals surface area contributed by atoms with Gasteiger partial charge >= 0.3 is 0 Å². The van der Waals surface area contributed by atoms with Crippen LogP contribution in [0.2, 0.25) is 0 Å². The molecule has 1 atom stereocenters. The molecule has 2 heteroatoms. The zero-order chi connectivity index (χ0) is 31.5. The largest absolute Gasteiger partial charge is 0.334 e. The van der Waals surface area contributed by atoms with Crippen LogP contribution >= 0.6 is 0 Å². The average Bonchev–Trinajstić information content (AvgIpc) is 3.58. The van der Waals surface area contributed by atoms with Crippen LogP contribution in [0.25, 0.3) is 39.4 Å². The van der Waals surface area contributed by atoms with Crippen LogP contribution in [0.1, 0.15) is 54.6 Å². The second-order valence-corrected chi connectivity index (χ2v) is 13.7. The van der Waals surface area contributed by atoms with Crippen molar-refractivity contribution in [2.45, 2.75) is 44.6 Å². The molecular formula is C45H38N2. The summed E-state index contributed by atoms with van der Waals surface area (Å²) < 4.78 is 2.48. The van der Waals surface area contributed by atoms with Crippen molar-refractivity contribution < 1.29 is 0 Å². The Hall–Kier alpha value is -5.34. The zero-order valence-electron chi connectivity index (χ0n) is 27.0. The van der Waals surface area contributed by atoms with Gasteiger partial charge in [-0.2, -0.15) is 0 Å². The molecule has 0 fully saturated rings. The predicted molar refractivity (Wildman–Crippen MR) is 199 cm³/mol. The van der Waals surface area contributed by atoms with Gasteiger partial charge in [-0.3, -0.25) is 0 Å². The van der Waals surface area contributed by atoms with Gasteiger partial charge < -0.3 is 9.47 Å². The Morgan fingerprint density at radius 2 is 1.47 bits per heavy atom. The number of nitrogens with zero attached hydrogens (tertiary/aromatic N) is 2. The first-order chi connectivity index (χ1) is 23.1. The maximum absolute atomic E-state index is 2.57. The van der Waals surface area contributed by atoms with Gasteiger partial charge in [0.15, 0.2) is 0 Å².